The fourth-order valence-corrected chi connectivity index (χ4v) is 7.39. The maximum absolute atomic E-state index is 14.3. The maximum atomic E-state index is 14.3. The highest BCUT2D eigenvalue weighted by Gasteiger charge is 2.41. The summed E-state index contributed by atoms with van der Waals surface area (Å²) in [5.41, 5.74) is 1.56. The average Bonchev–Trinajstić information content (AvgIpc) is 2.95. The number of carbonyl (C=O) groups excluding carboxylic acids is 2. The van der Waals surface area contributed by atoms with Crippen LogP contribution in [-0.2, 0) is 9.59 Å². The minimum Gasteiger partial charge on any atom is -0.369 e. The van der Waals surface area contributed by atoms with Gasteiger partial charge in [-0.15, -0.1) is 11.8 Å². The molecule has 1 saturated carbocycles. The molecule has 0 aromatic heterocycles. The Bertz CT molecular complexity index is 1200. The van der Waals surface area contributed by atoms with Gasteiger partial charge in [-0.2, -0.15) is 0 Å². The maximum Gasteiger partial charge on any atom is 0.261 e. The van der Waals surface area contributed by atoms with Crippen LogP contribution in [0.2, 0.25) is 5.02 Å². The Morgan fingerprint density at radius 2 is 1.87 bits per heavy atom. The second-order valence-corrected chi connectivity index (χ2v) is 12.2. The van der Waals surface area contributed by atoms with Crippen molar-refractivity contribution in [1.29, 1.82) is 0 Å². The normalized spacial score (nSPS) is 23.1. The van der Waals surface area contributed by atoms with E-state index in [-0.39, 0.29) is 35.5 Å². The molecule has 0 radical (unpaired) electrons. The number of fused-ring (bicyclic) bond motifs is 1. The Kier molecular flexibility index (Phi) is 9.48. The zero-order chi connectivity index (χ0) is 27.2. The fraction of sp³-hybridized carbons (Fsp3) is 0.467. The lowest BCUT2D eigenvalue weighted by molar-refractivity contribution is -0.135. The molecule has 2 aromatic carbocycles. The smallest absolute Gasteiger partial charge is 0.261 e. The van der Waals surface area contributed by atoms with Crippen molar-refractivity contribution in [2.24, 2.45) is 0 Å². The Hall–Kier alpha value is -2.55. The Labute approximate surface area is 239 Å². The molecular formula is C30H36ClFN4O2S. The van der Waals surface area contributed by atoms with Crippen LogP contribution in [0.4, 0.5) is 10.1 Å². The predicted molar refractivity (Wildman–Crippen MR) is 157 cm³/mol. The van der Waals surface area contributed by atoms with Crippen molar-refractivity contribution >= 4 is 46.9 Å². The third-order valence-corrected chi connectivity index (χ3v) is 9.48. The van der Waals surface area contributed by atoms with E-state index >= 15 is 0 Å². The predicted octanol–water partition coefficient (Wildman–Crippen LogP) is 5.04. The van der Waals surface area contributed by atoms with Gasteiger partial charge >= 0.3 is 0 Å². The van der Waals surface area contributed by atoms with Gasteiger partial charge in [0.2, 0.25) is 5.91 Å². The number of hydrogen-bond donors (Lipinski definition) is 1. The van der Waals surface area contributed by atoms with Gasteiger partial charge in [0.25, 0.3) is 5.91 Å². The summed E-state index contributed by atoms with van der Waals surface area (Å²) in [6, 6.07) is 14.5. The van der Waals surface area contributed by atoms with E-state index in [0.717, 1.165) is 75.5 Å². The van der Waals surface area contributed by atoms with Crippen LogP contribution in [0.25, 0.3) is 6.08 Å². The van der Waals surface area contributed by atoms with E-state index < -0.39 is 0 Å². The van der Waals surface area contributed by atoms with Crippen LogP contribution >= 0.6 is 23.4 Å². The molecule has 2 unspecified atom stereocenters. The van der Waals surface area contributed by atoms with Crippen LogP contribution in [0.15, 0.2) is 53.4 Å². The van der Waals surface area contributed by atoms with E-state index in [0.29, 0.717) is 17.0 Å². The molecule has 0 spiro atoms. The van der Waals surface area contributed by atoms with E-state index in [4.69, 9.17) is 11.6 Å². The second kappa shape index (κ2) is 13.2. The van der Waals surface area contributed by atoms with Gasteiger partial charge in [-0.05, 0) is 56.1 Å². The number of piperazine rings is 1. The number of halogens is 2. The quantitative estimate of drug-likeness (QED) is 0.356. The molecule has 1 aliphatic carbocycles. The van der Waals surface area contributed by atoms with Gasteiger partial charge in [0.05, 0.1) is 4.91 Å². The van der Waals surface area contributed by atoms with E-state index in [1.807, 2.05) is 18.2 Å². The van der Waals surface area contributed by atoms with Crippen LogP contribution in [0.5, 0.6) is 0 Å². The summed E-state index contributed by atoms with van der Waals surface area (Å²) in [6.07, 6.45) is 6.58. The van der Waals surface area contributed by atoms with Gasteiger partial charge in [-0.25, -0.2) is 4.39 Å². The van der Waals surface area contributed by atoms with E-state index in [2.05, 4.69) is 21.2 Å². The molecule has 39 heavy (non-hydrogen) atoms. The molecule has 208 valence electrons. The molecule has 2 amide bonds. The Morgan fingerprint density at radius 3 is 2.67 bits per heavy atom. The highest BCUT2D eigenvalue weighted by Crippen LogP contribution is 2.42. The number of carbonyl (C=O) groups is 2. The molecule has 2 aromatic rings. The first-order chi connectivity index (χ1) is 19.0. The van der Waals surface area contributed by atoms with Crippen LogP contribution < -0.4 is 10.2 Å². The van der Waals surface area contributed by atoms with Crippen molar-refractivity contribution in [3.05, 3.63) is 69.8 Å². The van der Waals surface area contributed by atoms with Crippen molar-refractivity contribution in [3.63, 3.8) is 0 Å². The summed E-state index contributed by atoms with van der Waals surface area (Å²) >= 11 is 7.69. The number of rotatable bonds is 8. The van der Waals surface area contributed by atoms with Crippen molar-refractivity contribution in [2.75, 3.05) is 50.7 Å². The number of hydrogen-bond acceptors (Lipinski definition) is 5. The zero-order valence-electron chi connectivity index (χ0n) is 22.2. The average molecular weight is 571 g/mol. The summed E-state index contributed by atoms with van der Waals surface area (Å²) in [5.74, 6) is -0.644. The molecule has 0 bridgehead atoms. The number of benzene rings is 2. The molecule has 2 saturated heterocycles. The van der Waals surface area contributed by atoms with Crippen LogP contribution in [-0.4, -0.2) is 78.7 Å². The topological polar surface area (TPSA) is 55.9 Å². The summed E-state index contributed by atoms with van der Waals surface area (Å²) in [6.45, 7) is 5.40. The molecule has 3 aliphatic rings. The van der Waals surface area contributed by atoms with Crippen LogP contribution in [0.1, 0.15) is 37.7 Å². The fourth-order valence-electron chi connectivity index (χ4n) is 5.74. The number of nitrogens with zero attached hydrogens (tertiary/aromatic N) is 3. The Balaban J connectivity index is 1.10. The van der Waals surface area contributed by atoms with Crippen molar-refractivity contribution in [3.8, 4) is 0 Å². The standard InChI is InChI=1S/C30H36ClFN4O2S/c31-23-8-5-9-24(20-23)35-17-15-34(16-18-35)14-6-13-33-29(37)21-36-26-11-3-4-12-27(26)39-28(30(36)38)19-22-7-1-2-10-25(22)32/h1-2,5,7-10,19-20,26-27H,3-4,6,11-18,21H2,(H,33,37)/b28-19-. The number of thioether (sulfide) groups is 1. The lowest BCUT2D eigenvalue weighted by Gasteiger charge is -2.43. The first-order valence-electron chi connectivity index (χ1n) is 13.9. The number of anilines is 1. The monoisotopic (exact) mass is 570 g/mol. The van der Waals surface area contributed by atoms with Gasteiger partial charge in [0.1, 0.15) is 12.4 Å². The second-order valence-electron chi connectivity index (χ2n) is 10.5. The van der Waals surface area contributed by atoms with E-state index in [1.54, 1.807) is 40.9 Å². The van der Waals surface area contributed by atoms with Crippen molar-refractivity contribution in [2.45, 2.75) is 43.4 Å². The summed E-state index contributed by atoms with van der Waals surface area (Å²) in [5, 5.41) is 4.03. The van der Waals surface area contributed by atoms with Crippen molar-refractivity contribution in [1.82, 2.24) is 15.1 Å². The SMILES string of the molecule is O=C(CN1C(=O)/C(=C/c2ccccc2F)SC2CCCCC21)NCCCN1CCN(c2cccc(Cl)c2)CC1. The highest BCUT2D eigenvalue weighted by molar-refractivity contribution is 8.04. The molecule has 1 N–H and O–H groups in total. The third kappa shape index (κ3) is 7.16. The first-order valence-corrected chi connectivity index (χ1v) is 15.2. The number of amides is 2. The third-order valence-electron chi connectivity index (χ3n) is 7.84. The van der Waals surface area contributed by atoms with Gasteiger partial charge in [-0.3, -0.25) is 14.5 Å². The lowest BCUT2D eigenvalue weighted by Crippen LogP contribution is -2.54. The van der Waals surface area contributed by atoms with Crippen molar-refractivity contribution < 1.29 is 14.0 Å². The minimum absolute atomic E-state index is 0.0491. The minimum atomic E-state index is -0.348. The molecule has 9 heteroatoms. The first kappa shape index (κ1) is 28.0. The highest BCUT2D eigenvalue weighted by atomic mass is 35.5. The van der Waals surface area contributed by atoms with Gasteiger partial charge in [0, 0.05) is 60.3 Å². The van der Waals surface area contributed by atoms with Gasteiger partial charge in [-0.1, -0.05) is 48.7 Å². The summed E-state index contributed by atoms with van der Waals surface area (Å²) in [4.78, 5) is 33.4. The Morgan fingerprint density at radius 1 is 1.08 bits per heavy atom. The molecule has 2 aliphatic heterocycles. The molecular weight excluding hydrogens is 535 g/mol. The summed E-state index contributed by atoms with van der Waals surface area (Å²) < 4.78 is 14.3. The summed E-state index contributed by atoms with van der Waals surface area (Å²) in [7, 11) is 0. The molecule has 6 nitrogen and oxygen atoms in total. The van der Waals surface area contributed by atoms with Crippen LogP contribution in [0.3, 0.4) is 0 Å². The zero-order valence-corrected chi connectivity index (χ0v) is 23.7. The lowest BCUT2D eigenvalue weighted by atomic mass is 9.93. The largest absolute Gasteiger partial charge is 0.369 e. The van der Waals surface area contributed by atoms with Gasteiger partial charge < -0.3 is 15.1 Å². The van der Waals surface area contributed by atoms with E-state index in [9.17, 15) is 14.0 Å². The molecule has 2 heterocycles. The molecule has 2 atom stereocenters. The van der Waals surface area contributed by atoms with Gasteiger partial charge in [0.15, 0.2) is 0 Å². The number of nitrogens with one attached hydrogen (secondary N) is 1. The van der Waals surface area contributed by atoms with E-state index in [1.165, 1.54) is 6.07 Å². The van der Waals surface area contributed by atoms with Crippen LogP contribution in [0, 0.1) is 5.82 Å². The molecule has 3 fully saturated rings. The molecule has 5 rings (SSSR count).